The summed E-state index contributed by atoms with van der Waals surface area (Å²) in [4.78, 5) is 12.8. The number of para-hydroxylation sites is 1. The van der Waals surface area contributed by atoms with Gasteiger partial charge in [0.2, 0.25) is 0 Å². The number of benzene rings is 2. The number of carbonyl (C=O) groups is 1. The first-order valence-electron chi connectivity index (χ1n) is 7.21. The first-order valence-corrected chi connectivity index (χ1v) is 7.59. The highest BCUT2D eigenvalue weighted by atomic mass is 35.5. The lowest BCUT2D eigenvalue weighted by atomic mass is 10.1. The lowest BCUT2D eigenvalue weighted by Crippen LogP contribution is -2.20. The second-order valence-corrected chi connectivity index (χ2v) is 5.60. The fraction of sp³-hybridized carbons (Fsp3) is 0.176. The van der Waals surface area contributed by atoms with Gasteiger partial charge in [0, 0.05) is 5.39 Å². The fourth-order valence-electron chi connectivity index (χ4n) is 2.63. The van der Waals surface area contributed by atoms with Gasteiger partial charge in [0.1, 0.15) is 0 Å². The van der Waals surface area contributed by atoms with Crippen molar-refractivity contribution < 1.29 is 18.0 Å². The van der Waals surface area contributed by atoms with E-state index in [1.54, 1.807) is 24.3 Å². The molecule has 0 unspecified atom stereocenters. The Kier molecular flexibility index (Phi) is 4.09. The summed E-state index contributed by atoms with van der Waals surface area (Å²) in [5.41, 5.74) is -0.577. The molecule has 0 amide bonds. The van der Waals surface area contributed by atoms with E-state index in [1.807, 2.05) is 6.92 Å². The zero-order chi connectivity index (χ0) is 17.5. The molecule has 124 valence electrons. The topological polar surface area (TPSA) is 34.9 Å². The predicted molar refractivity (Wildman–Crippen MR) is 85.3 cm³/mol. The average Bonchev–Trinajstić information content (AvgIpc) is 2.92. The molecule has 0 radical (unpaired) electrons. The quantitative estimate of drug-likeness (QED) is 0.653. The van der Waals surface area contributed by atoms with E-state index in [0.29, 0.717) is 17.6 Å². The van der Waals surface area contributed by atoms with Crippen molar-refractivity contribution >= 4 is 28.4 Å². The summed E-state index contributed by atoms with van der Waals surface area (Å²) in [7, 11) is 0. The second-order valence-electron chi connectivity index (χ2n) is 5.19. The third-order valence-electron chi connectivity index (χ3n) is 3.72. The largest absolute Gasteiger partial charge is 0.417 e. The van der Waals surface area contributed by atoms with Crippen LogP contribution in [0, 0.1) is 0 Å². The molecule has 1 heterocycles. The van der Waals surface area contributed by atoms with E-state index in [4.69, 9.17) is 11.6 Å². The van der Waals surface area contributed by atoms with E-state index in [9.17, 15) is 18.0 Å². The van der Waals surface area contributed by atoms with Gasteiger partial charge in [-0.15, -0.1) is 0 Å². The number of alkyl halides is 3. The standard InChI is InChI=1S/C17H12ClF3N2O/c1-2-13-10-6-3-4-9-14(10)23(22-13)16(24)15-11(17(19,20)21)7-5-8-12(15)18/h3-9H,2H2,1H3. The highest BCUT2D eigenvalue weighted by Gasteiger charge is 2.37. The number of fused-ring (bicyclic) bond motifs is 1. The van der Waals surface area contributed by atoms with Crippen molar-refractivity contribution in [2.75, 3.05) is 0 Å². The minimum Gasteiger partial charge on any atom is -0.267 e. The minimum absolute atomic E-state index is 0.257. The van der Waals surface area contributed by atoms with E-state index in [2.05, 4.69) is 5.10 Å². The van der Waals surface area contributed by atoms with Crippen molar-refractivity contribution in [3.63, 3.8) is 0 Å². The maximum absolute atomic E-state index is 13.2. The molecule has 3 nitrogen and oxygen atoms in total. The van der Waals surface area contributed by atoms with Crippen LogP contribution in [-0.2, 0) is 12.6 Å². The van der Waals surface area contributed by atoms with Crippen LogP contribution in [0.1, 0.15) is 28.5 Å². The lowest BCUT2D eigenvalue weighted by Gasteiger charge is -2.13. The molecule has 3 rings (SSSR count). The SMILES string of the molecule is CCc1nn(C(=O)c2c(Cl)cccc2C(F)(F)F)c2ccccc12. The summed E-state index contributed by atoms with van der Waals surface area (Å²) in [6, 6.07) is 10.2. The van der Waals surface area contributed by atoms with Gasteiger partial charge in [0.25, 0.3) is 5.91 Å². The van der Waals surface area contributed by atoms with Crippen molar-refractivity contribution in [3.8, 4) is 0 Å². The van der Waals surface area contributed by atoms with Crippen molar-refractivity contribution in [1.29, 1.82) is 0 Å². The maximum Gasteiger partial charge on any atom is 0.417 e. The van der Waals surface area contributed by atoms with Crippen molar-refractivity contribution in [1.82, 2.24) is 9.78 Å². The molecule has 2 aromatic carbocycles. The van der Waals surface area contributed by atoms with Crippen LogP contribution in [0.2, 0.25) is 5.02 Å². The van der Waals surface area contributed by atoms with Gasteiger partial charge in [0.15, 0.2) is 0 Å². The molecule has 0 saturated carbocycles. The number of aryl methyl sites for hydroxylation is 1. The molecule has 0 aliphatic carbocycles. The summed E-state index contributed by atoms with van der Waals surface area (Å²) in [5.74, 6) is -0.899. The molecule has 1 aromatic heterocycles. The Bertz CT molecular complexity index is 931. The highest BCUT2D eigenvalue weighted by Crippen LogP contribution is 2.35. The number of hydrogen-bond acceptors (Lipinski definition) is 2. The van der Waals surface area contributed by atoms with Crippen LogP contribution in [0.5, 0.6) is 0 Å². The van der Waals surface area contributed by atoms with E-state index < -0.39 is 23.2 Å². The molecule has 0 aliphatic heterocycles. The van der Waals surface area contributed by atoms with Crippen LogP contribution < -0.4 is 0 Å². The highest BCUT2D eigenvalue weighted by molar-refractivity contribution is 6.34. The van der Waals surface area contributed by atoms with E-state index in [0.717, 1.165) is 16.1 Å². The summed E-state index contributed by atoms with van der Waals surface area (Å²) >= 11 is 5.91. The van der Waals surface area contributed by atoms with Crippen LogP contribution in [0.25, 0.3) is 10.9 Å². The molecule has 0 spiro atoms. The number of nitrogens with zero attached hydrogens (tertiary/aromatic N) is 2. The molecule has 0 N–H and O–H groups in total. The summed E-state index contributed by atoms with van der Waals surface area (Å²) in [6.07, 6.45) is -4.14. The molecule has 0 aliphatic rings. The zero-order valence-electron chi connectivity index (χ0n) is 12.6. The number of carbonyl (C=O) groups excluding carboxylic acids is 1. The van der Waals surface area contributed by atoms with Gasteiger partial charge in [-0.3, -0.25) is 4.79 Å². The van der Waals surface area contributed by atoms with Gasteiger partial charge in [0.05, 0.1) is 27.4 Å². The van der Waals surface area contributed by atoms with Gasteiger partial charge in [-0.05, 0) is 24.6 Å². The molecule has 0 fully saturated rings. The predicted octanol–water partition coefficient (Wildman–Crippen LogP) is 4.96. The Morgan fingerprint density at radius 1 is 1.17 bits per heavy atom. The van der Waals surface area contributed by atoms with Gasteiger partial charge >= 0.3 is 6.18 Å². The van der Waals surface area contributed by atoms with E-state index >= 15 is 0 Å². The first kappa shape index (κ1) is 16.5. The molecule has 7 heteroatoms. The summed E-state index contributed by atoms with van der Waals surface area (Å²) in [5, 5.41) is 4.66. The minimum atomic E-state index is -4.69. The van der Waals surface area contributed by atoms with Crippen LogP contribution in [0.4, 0.5) is 13.2 Å². The van der Waals surface area contributed by atoms with E-state index in [1.165, 1.54) is 12.1 Å². The third-order valence-corrected chi connectivity index (χ3v) is 4.04. The molecule has 0 saturated heterocycles. The Morgan fingerprint density at radius 3 is 2.54 bits per heavy atom. The Morgan fingerprint density at radius 2 is 1.88 bits per heavy atom. The molecule has 0 atom stereocenters. The average molecular weight is 353 g/mol. The summed E-state index contributed by atoms with van der Waals surface area (Å²) < 4.78 is 40.7. The van der Waals surface area contributed by atoms with Crippen molar-refractivity contribution in [2.45, 2.75) is 19.5 Å². The van der Waals surface area contributed by atoms with Crippen molar-refractivity contribution in [2.24, 2.45) is 0 Å². The number of aromatic nitrogens is 2. The molecular weight excluding hydrogens is 341 g/mol. The molecule has 0 bridgehead atoms. The van der Waals surface area contributed by atoms with Crippen molar-refractivity contribution in [3.05, 3.63) is 64.3 Å². The van der Waals surface area contributed by atoms with Gasteiger partial charge in [-0.2, -0.15) is 23.0 Å². The summed E-state index contributed by atoms with van der Waals surface area (Å²) in [6.45, 7) is 1.86. The lowest BCUT2D eigenvalue weighted by molar-refractivity contribution is -0.137. The normalized spacial score (nSPS) is 11.9. The smallest absolute Gasteiger partial charge is 0.267 e. The number of rotatable bonds is 2. The van der Waals surface area contributed by atoms with E-state index in [-0.39, 0.29) is 5.02 Å². The molecule has 3 aromatic rings. The monoisotopic (exact) mass is 352 g/mol. The third kappa shape index (κ3) is 2.67. The Hall–Kier alpha value is -2.34. The maximum atomic E-state index is 13.2. The first-order chi connectivity index (χ1) is 11.3. The number of hydrogen-bond donors (Lipinski definition) is 0. The zero-order valence-corrected chi connectivity index (χ0v) is 13.3. The van der Waals surface area contributed by atoms with Crippen LogP contribution in [0.3, 0.4) is 0 Å². The fourth-order valence-corrected chi connectivity index (χ4v) is 2.89. The molecule has 24 heavy (non-hydrogen) atoms. The van der Waals surface area contributed by atoms with Gasteiger partial charge < -0.3 is 0 Å². The number of halogens is 4. The second kappa shape index (κ2) is 5.94. The Labute approximate surface area is 140 Å². The van der Waals surface area contributed by atoms with Gasteiger partial charge in [-0.1, -0.05) is 42.8 Å². The van der Waals surface area contributed by atoms with Crippen LogP contribution >= 0.6 is 11.6 Å². The van der Waals surface area contributed by atoms with Crippen LogP contribution in [-0.4, -0.2) is 15.7 Å². The Balaban J connectivity index is 2.25. The van der Waals surface area contributed by atoms with Gasteiger partial charge in [-0.25, -0.2) is 0 Å². The molecular formula is C17H12ClF3N2O. The van der Waals surface area contributed by atoms with Crippen LogP contribution in [0.15, 0.2) is 42.5 Å².